The number of ether oxygens (including phenoxy) is 9. The summed E-state index contributed by atoms with van der Waals surface area (Å²) in [6.45, 7) is 14.4. The van der Waals surface area contributed by atoms with E-state index in [1.54, 1.807) is 40.2 Å². The summed E-state index contributed by atoms with van der Waals surface area (Å²) in [6, 6.07) is 0. The molecule has 1 saturated carbocycles. The second kappa shape index (κ2) is 19.8. The van der Waals surface area contributed by atoms with E-state index in [2.05, 4.69) is 33.8 Å². The van der Waals surface area contributed by atoms with Gasteiger partial charge in [-0.05, 0) is 80.9 Å². The molecule has 1 spiro atoms. The van der Waals surface area contributed by atoms with Gasteiger partial charge in [0.15, 0.2) is 12.6 Å². The molecule has 7 rings (SSSR count). The predicted octanol–water partition coefficient (Wildman–Crippen LogP) is 4.85. The fraction of sp³-hybridized carbons (Fsp3) is 0.812. The molecule has 20 atom stereocenters. The van der Waals surface area contributed by atoms with Gasteiger partial charge in [0.25, 0.3) is 0 Å². The summed E-state index contributed by atoms with van der Waals surface area (Å²) in [5.74, 6) is -1.62. The Bertz CT molecular complexity index is 1680. The Kier molecular flexibility index (Phi) is 15.3. The van der Waals surface area contributed by atoms with Crippen LogP contribution in [0.1, 0.15) is 99.8 Å². The maximum absolute atomic E-state index is 14.4. The lowest BCUT2D eigenvalue weighted by Gasteiger charge is -2.54. The van der Waals surface area contributed by atoms with Crippen molar-refractivity contribution in [2.24, 2.45) is 29.6 Å². The molecular formula is C48H74O14. The highest BCUT2D eigenvalue weighted by atomic mass is 16.7. The van der Waals surface area contributed by atoms with Crippen LogP contribution in [0.2, 0.25) is 0 Å². The van der Waals surface area contributed by atoms with Crippen LogP contribution in [-0.2, 0) is 47.4 Å². The highest BCUT2D eigenvalue weighted by Gasteiger charge is 2.60. The predicted molar refractivity (Wildman–Crippen MR) is 227 cm³/mol. The molecular weight excluding hydrogens is 801 g/mol. The summed E-state index contributed by atoms with van der Waals surface area (Å²) in [5, 5.41) is 46.6. The number of aliphatic hydroxyl groups excluding tert-OH is 3. The molecule has 0 radical (unpaired) electrons. The minimum absolute atomic E-state index is 0.0274. The Morgan fingerprint density at radius 3 is 2.42 bits per heavy atom. The van der Waals surface area contributed by atoms with Crippen LogP contribution in [0.5, 0.6) is 0 Å². The van der Waals surface area contributed by atoms with Gasteiger partial charge in [0.2, 0.25) is 0 Å². The monoisotopic (exact) mass is 875 g/mol. The van der Waals surface area contributed by atoms with Crippen LogP contribution >= 0.6 is 0 Å². The molecule has 2 aliphatic carbocycles. The molecule has 4 N–H and O–H groups in total. The molecule has 62 heavy (non-hydrogen) atoms. The largest absolute Gasteiger partial charge is 0.462 e. The van der Waals surface area contributed by atoms with E-state index in [1.165, 1.54) is 0 Å². The zero-order chi connectivity index (χ0) is 44.7. The molecule has 14 heteroatoms. The lowest BCUT2D eigenvalue weighted by Crippen LogP contribution is -2.61. The zero-order valence-electron chi connectivity index (χ0n) is 38.2. The quantitative estimate of drug-likeness (QED) is 0.192. The van der Waals surface area contributed by atoms with E-state index in [0.717, 1.165) is 18.4 Å². The number of allylic oxidation sites excluding steroid dienone is 3. The van der Waals surface area contributed by atoms with E-state index in [-0.39, 0.29) is 43.2 Å². The molecule has 2 bridgehead atoms. The minimum atomic E-state index is -1.84. The first-order valence-corrected chi connectivity index (χ1v) is 23.2. The van der Waals surface area contributed by atoms with Crippen molar-refractivity contribution in [1.82, 2.24) is 0 Å². The maximum Gasteiger partial charge on any atom is 0.316 e. The number of esters is 1. The average molecular weight is 875 g/mol. The summed E-state index contributed by atoms with van der Waals surface area (Å²) in [6.07, 6.45) is 6.03. The maximum atomic E-state index is 14.4. The van der Waals surface area contributed by atoms with Gasteiger partial charge in [-0.3, -0.25) is 4.79 Å². The van der Waals surface area contributed by atoms with Gasteiger partial charge in [-0.2, -0.15) is 0 Å². The van der Waals surface area contributed by atoms with Gasteiger partial charge in [0, 0.05) is 39.4 Å². The molecule has 5 aliphatic heterocycles. The number of methoxy groups -OCH3 is 2. The van der Waals surface area contributed by atoms with E-state index in [9.17, 15) is 25.2 Å². The molecule has 14 nitrogen and oxygen atoms in total. The van der Waals surface area contributed by atoms with Crippen molar-refractivity contribution in [3.05, 3.63) is 47.1 Å². The Labute approximate surface area is 367 Å². The normalized spacial score (nSPS) is 47.2. The van der Waals surface area contributed by atoms with Gasteiger partial charge in [-0.1, -0.05) is 64.5 Å². The van der Waals surface area contributed by atoms with Gasteiger partial charge >= 0.3 is 5.97 Å². The second-order valence-corrected chi connectivity index (χ2v) is 19.5. The molecule has 0 aromatic heterocycles. The molecule has 0 aromatic carbocycles. The number of fused-ring (bicyclic) bond motifs is 2. The van der Waals surface area contributed by atoms with Crippen LogP contribution in [-0.4, -0.2) is 145 Å². The Hall–Kier alpha value is -2.05. The summed E-state index contributed by atoms with van der Waals surface area (Å²) < 4.78 is 56.5. The first kappa shape index (κ1) is 47.9. The van der Waals surface area contributed by atoms with Crippen LogP contribution in [0.25, 0.3) is 0 Å². The first-order valence-electron chi connectivity index (χ1n) is 23.2. The van der Waals surface area contributed by atoms with E-state index in [1.807, 2.05) is 19.1 Å². The fourth-order valence-corrected chi connectivity index (χ4v) is 11.3. The van der Waals surface area contributed by atoms with Gasteiger partial charge in [-0.25, -0.2) is 0 Å². The third kappa shape index (κ3) is 9.46. The second-order valence-electron chi connectivity index (χ2n) is 19.5. The molecule has 350 valence electrons. The van der Waals surface area contributed by atoms with Crippen molar-refractivity contribution in [3.8, 4) is 0 Å². The van der Waals surface area contributed by atoms with Crippen LogP contribution in [0.4, 0.5) is 0 Å². The molecule has 0 amide bonds. The number of hydrogen-bond donors (Lipinski definition) is 4. The van der Waals surface area contributed by atoms with E-state index >= 15 is 0 Å². The van der Waals surface area contributed by atoms with Crippen LogP contribution in [0.15, 0.2) is 47.1 Å². The van der Waals surface area contributed by atoms with Crippen LogP contribution < -0.4 is 0 Å². The summed E-state index contributed by atoms with van der Waals surface area (Å²) in [7, 11) is 3.20. The van der Waals surface area contributed by atoms with Gasteiger partial charge in [0.1, 0.15) is 42.0 Å². The van der Waals surface area contributed by atoms with Crippen molar-refractivity contribution in [1.29, 1.82) is 0 Å². The van der Waals surface area contributed by atoms with E-state index < -0.39 is 90.6 Å². The molecule has 0 aromatic rings. The van der Waals surface area contributed by atoms with E-state index in [4.69, 9.17) is 42.6 Å². The smallest absolute Gasteiger partial charge is 0.316 e. The number of carbonyl (C=O) groups excluding carboxylic acids is 1. The van der Waals surface area contributed by atoms with E-state index in [0.29, 0.717) is 55.6 Å². The molecule has 3 unspecified atom stereocenters. The topological polar surface area (TPSA) is 181 Å². The van der Waals surface area contributed by atoms with Crippen molar-refractivity contribution in [2.75, 3.05) is 27.4 Å². The van der Waals surface area contributed by atoms with Crippen LogP contribution in [0.3, 0.4) is 0 Å². The third-order valence-corrected chi connectivity index (χ3v) is 15.4. The number of aliphatic hydroxyl groups is 4. The zero-order valence-corrected chi connectivity index (χ0v) is 38.2. The van der Waals surface area contributed by atoms with Gasteiger partial charge < -0.3 is 63.1 Å². The Balaban J connectivity index is 1.18. The van der Waals surface area contributed by atoms with Crippen molar-refractivity contribution < 1.29 is 67.9 Å². The summed E-state index contributed by atoms with van der Waals surface area (Å²) >= 11 is 0. The highest BCUT2D eigenvalue weighted by Crippen LogP contribution is 2.50. The third-order valence-electron chi connectivity index (χ3n) is 15.4. The number of hydrogen-bond acceptors (Lipinski definition) is 14. The standard InChI is InChI=1S/C48H74O14/c1-10-25(2)43-28(5)16-17-47(62-43)22-33-19-31(44(47)51)15-14-27(4)42(61-38-20-35(54-8)37(24-56-38)60-39-21-36(55-9)41(50)30(7)58-39)26(3)12-11-13-32-23-57-45-40(49)29(6)18-34(46(52)59-33)48(32,45)53/h11-14,18,25-26,28,30-31,33-45,49-51,53H,10,15-17,19-24H2,1-9H3/t25-,26-,28-,30-,31+,33-,34?,35-,36-,37?,38-,39-,40+,41-,42?,43+,44+,45+,47+,48+/m0/s1. The first-order chi connectivity index (χ1) is 29.5. The van der Waals surface area contributed by atoms with Crippen LogP contribution in [0, 0.1) is 29.6 Å². The SMILES string of the molecule is CC[C@H](C)[C@H]1O[C@]2(CC[C@@H]1C)C[C@@H]1C[C@@H](CC=C(C)C(O[C@H]3C[C@H](OC)C(O[C@H]4C[C@H](OC)[C@@H](O)[C@H](C)O4)CO3)[C@@H](C)C=CC=C3CO[C@@H]4[C@H](O)C(C)=CC(C(=O)O1)[C@]34O)[C@H]2O. The minimum Gasteiger partial charge on any atom is -0.462 e. The lowest BCUT2D eigenvalue weighted by molar-refractivity contribution is -0.303. The van der Waals surface area contributed by atoms with Gasteiger partial charge in [-0.15, -0.1) is 0 Å². The van der Waals surface area contributed by atoms with Crippen molar-refractivity contribution >= 4 is 5.97 Å². The summed E-state index contributed by atoms with van der Waals surface area (Å²) in [5.41, 5.74) is -0.815. The molecule has 5 heterocycles. The highest BCUT2D eigenvalue weighted by molar-refractivity contribution is 5.78. The molecule has 4 saturated heterocycles. The Morgan fingerprint density at radius 2 is 1.69 bits per heavy atom. The summed E-state index contributed by atoms with van der Waals surface area (Å²) in [4.78, 5) is 14.4. The lowest BCUT2D eigenvalue weighted by atomic mass is 9.67. The van der Waals surface area contributed by atoms with Crippen molar-refractivity contribution in [3.63, 3.8) is 0 Å². The molecule has 7 aliphatic rings. The average Bonchev–Trinajstić information content (AvgIpc) is 3.59. The number of rotatable bonds is 8. The Morgan fingerprint density at radius 1 is 0.952 bits per heavy atom. The van der Waals surface area contributed by atoms with Crippen molar-refractivity contribution in [2.45, 2.75) is 191 Å². The fourth-order valence-electron chi connectivity index (χ4n) is 11.3. The van der Waals surface area contributed by atoms with Gasteiger partial charge in [0.05, 0.1) is 55.4 Å². The molecule has 5 fully saturated rings. The number of carbonyl (C=O) groups is 1.